The van der Waals surface area contributed by atoms with Gasteiger partial charge in [0.05, 0.1) is 17.3 Å². The highest BCUT2D eigenvalue weighted by Gasteiger charge is 2.08. The molecule has 1 heterocycles. The number of amides is 1. The molecule has 22 heavy (non-hydrogen) atoms. The molecule has 3 rings (SSSR count). The predicted molar refractivity (Wildman–Crippen MR) is 91.4 cm³/mol. The van der Waals surface area contributed by atoms with E-state index in [2.05, 4.69) is 20.9 Å². The number of thiazole rings is 1. The minimum Gasteiger partial charge on any atom is -0.497 e. The van der Waals surface area contributed by atoms with E-state index in [9.17, 15) is 4.79 Å². The third kappa shape index (κ3) is 2.84. The van der Waals surface area contributed by atoms with Crippen LogP contribution < -0.4 is 9.54 Å². The maximum atomic E-state index is 12.3. The zero-order chi connectivity index (χ0) is 15.7. The molecule has 0 N–H and O–H groups in total. The molecule has 0 atom stereocenters. The molecule has 2 aromatic carbocycles. The van der Waals surface area contributed by atoms with Crippen molar-refractivity contribution in [2.45, 2.75) is 0 Å². The topological polar surface area (TPSA) is 43.6 Å². The first-order chi connectivity index (χ1) is 10.6. The molecule has 0 saturated heterocycles. The fourth-order valence-electron chi connectivity index (χ4n) is 2.09. The van der Waals surface area contributed by atoms with E-state index >= 15 is 0 Å². The Labute approximate surface area is 139 Å². The van der Waals surface area contributed by atoms with Crippen LogP contribution in [-0.2, 0) is 7.05 Å². The zero-order valence-electron chi connectivity index (χ0n) is 12.0. The number of hydrogen-bond donors (Lipinski definition) is 0. The van der Waals surface area contributed by atoms with Crippen molar-refractivity contribution >= 4 is 43.4 Å². The summed E-state index contributed by atoms with van der Waals surface area (Å²) < 4.78 is 9.11. The highest BCUT2D eigenvalue weighted by atomic mass is 79.9. The molecule has 0 fully saturated rings. The molecule has 0 spiro atoms. The number of aryl methyl sites for hydroxylation is 1. The van der Waals surface area contributed by atoms with Gasteiger partial charge >= 0.3 is 0 Å². The number of benzene rings is 2. The number of hydrogen-bond acceptors (Lipinski definition) is 3. The van der Waals surface area contributed by atoms with Crippen LogP contribution in [0.15, 0.2) is 51.9 Å². The van der Waals surface area contributed by atoms with Crippen molar-refractivity contribution in [1.82, 2.24) is 4.57 Å². The lowest BCUT2D eigenvalue weighted by Gasteiger charge is -1.99. The van der Waals surface area contributed by atoms with Gasteiger partial charge < -0.3 is 9.30 Å². The van der Waals surface area contributed by atoms with E-state index in [0.717, 1.165) is 20.4 Å². The molecule has 6 heteroatoms. The van der Waals surface area contributed by atoms with Crippen LogP contribution in [-0.4, -0.2) is 17.6 Å². The fourth-order valence-corrected chi connectivity index (χ4v) is 3.40. The third-order valence-corrected chi connectivity index (χ3v) is 4.93. The maximum Gasteiger partial charge on any atom is 0.279 e. The molecule has 4 nitrogen and oxygen atoms in total. The van der Waals surface area contributed by atoms with E-state index < -0.39 is 0 Å². The van der Waals surface area contributed by atoms with Gasteiger partial charge in [-0.05, 0) is 42.5 Å². The molecule has 0 unspecified atom stereocenters. The maximum absolute atomic E-state index is 12.3. The minimum absolute atomic E-state index is 0.248. The van der Waals surface area contributed by atoms with Crippen LogP contribution >= 0.6 is 27.3 Å². The Bertz CT molecular complexity index is 910. The number of nitrogens with zero attached hydrogens (tertiary/aromatic N) is 2. The van der Waals surface area contributed by atoms with E-state index in [1.807, 2.05) is 41.9 Å². The number of carbonyl (C=O) groups is 1. The number of fused-ring (bicyclic) bond motifs is 1. The summed E-state index contributed by atoms with van der Waals surface area (Å²) in [5.41, 5.74) is 1.59. The number of methoxy groups -OCH3 is 1. The highest BCUT2D eigenvalue weighted by Crippen LogP contribution is 2.22. The van der Waals surface area contributed by atoms with E-state index in [1.54, 1.807) is 19.2 Å². The Hall–Kier alpha value is -1.92. The summed E-state index contributed by atoms with van der Waals surface area (Å²) in [6, 6.07) is 13.0. The fraction of sp³-hybridized carbons (Fsp3) is 0.125. The van der Waals surface area contributed by atoms with Crippen LogP contribution in [0.25, 0.3) is 10.2 Å². The summed E-state index contributed by atoms with van der Waals surface area (Å²) >= 11 is 4.82. The third-order valence-electron chi connectivity index (χ3n) is 3.30. The molecular weight excluding hydrogens is 364 g/mol. The monoisotopic (exact) mass is 376 g/mol. The van der Waals surface area contributed by atoms with Gasteiger partial charge in [0.15, 0.2) is 4.80 Å². The van der Waals surface area contributed by atoms with Crippen LogP contribution in [0.5, 0.6) is 5.75 Å². The summed E-state index contributed by atoms with van der Waals surface area (Å²) in [6.07, 6.45) is 0. The van der Waals surface area contributed by atoms with E-state index in [0.29, 0.717) is 10.4 Å². The van der Waals surface area contributed by atoms with Gasteiger partial charge in [-0.15, -0.1) is 0 Å². The number of carbonyl (C=O) groups excluding carboxylic acids is 1. The van der Waals surface area contributed by atoms with Crippen LogP contribution in [0.3, 0.4) is 0 Å². The van der Waals surface area contributed by atoms with E-state index in [1.165, 1.54) is 11.3 Å². The molecule has 1 aromatic heterocycles. The average molecular weight is 377 g/mol. The van der Waals surface area contributed by atoms with Crippen molar-refractivity contribution < 1.29 is 9.53 Å². The first-order valence-electron chi connectivity index (χ1n) is 6.56. The Morgan fingerprint density at radius 3 is 2.64 bits per heavy atom. The number of rotatable bonds is 2. The zero-order valence-corrected chi connectivity index (χ0v) is 14.4. The SMILES string of the molecule is COc1ccc2c(c1)sc(=NC(=O)c1ccc(Br)cc1)n2C. The Kier molecular flexibility index (Phi) is 4.13. The molecule has 112 valence electrons. The van der Waals surface area contributed by atoms with Crippen molar-refractivity contribution in [2.24, 2.45) is 12.0 Å². The molecule has 0 bridgehead atoms. The molecule has 0 aliphatic carbocycles. The second-order valence-corrected chi connectivity index (χ2v) is 6.63. The second-order valence-electron chi connectivity index (χ2n) is 4.70. The largest absolute Gasteiger partial charge is 0.497 e. The molecule has 3 aromatic rings. The summed E-state index contributed by atoms with van der Waals surface area (Å²) in [5.74, 6) is 0.543. The van der Waals surface area contributed by atoms with Crippen molar-refractivity contribution in [2.75, 3.05) is 7.11 Å². The van der Waals surface area contributed by atoms with Crippen LogP contribution in [0.1, 0.15) is 10.4 Å². The summed E-state index contributed by atoms with van der Waals surface area (Å²) in [5, 5.41) is 0. The smallest absolute Gasteiger partial charge is 0.279 e. The predicted octanol–water partition coefficient (Wildman–Crippen LogP) is 3.75. The molecule has 0 aliphatic rings. The number of halogens is 1. The van der Waals surface area contributed by atoms with Gasteiger partial charge in [0.1, 0.15) is 5.75 Å². The first kappa shape index (κ1) is 15.0. The molecular formula is C16H13BrN2O2S. The number of aromatic nitrogens is 1. The van der Waals surface area contributed by atoms with Gasteiger partial charge in [0.25, 0.3) is 5.91 Å². The van der Waals surface area contributed by atoms with Crippen molar-refractivity contribution in [3.63, 3.8) is 0 Å². The highest BCUT2D eigenvalue weighted by molar-refractivity contribution is 9.10. The lowest BCUT2D eigenvalue weighted by Crippen LogP contribution is -2.13. The molecule has 1 amide bonds. The number of ether oxygens (including phenoxy) is 1. The normalized spacial score (nSPS) is 11.9. The lowest BCUT2D eigenvalue weighted by molar-refractivity contribution is 0.0998. The minimum atomic E-state index is -0.248. The lowest BCUT2D eigenvalue weighted by atomic mass is 10.2. The molecule has 0 radical (unpaired) electrons. The van der Waals surface area contributed by atoms with Crippen molar-refractivity contribution in [3.8, 4) is 5.75 Å². The van der Waals surface area contributed by atoms with Gasteiger partial charge in [0.2, 0.25) is 0 Å². The Balaban J connectivity index is 2.07. The molecule has 0 saturated carbocycles. The van der Waals surface area contributed by atoms with Crippen LogP contribution in [0.2, 0.25) is 0 Å². The van der Waals surface area contributed by atoms with Crippen LogP contribution in [0, 0.1) is 0 Å². The standard InChI is InChI=1S/C16H13BrN2O2S/c1-19-13-8-7-12(21-2)9-14(13)22-16(19)18-15(20)10-3-5-11(17)6-4-10/h3-9H,1-2H3. The average Bonchev–Trinajstić information content (AvgIpc) is 2.83. The van der Waals surface area contributed by atoms with E-state index in [-0.39, 0.29) is 5.91 Å². The van der Waals surface area contributed by atoms with E-state index in [4.69, 9.17) is 4.74 Å². The van der Waals surface area contributed by atoms with Crippen molar-refractivity contribution in [1.29, 1.82) is 0 Å². The molecule has 0 aliphatic heterocycles. The first-order valence-corrected chi connectivity index (χ1v) is 8.17. The van der Waals surface area contributed by atoms with Crippen LogP contribution in [0.4, 0.5) is 0 Å². The Morgan fingerprint density at radius 2 is 1.95 bits per heavy atom. The summed E-state index contributed by atoms with van der Waals surface area (Å²) in [7, 11) is 3.54. The van der Waals surface area contributed by atoms with Gasteiger partial charge in [-0.3, -0.25) is 4.79 Å². The van der Waals surface area contributed by atoms with Crippen molar-refractivity contribution in [3.05, 3.63) is 57.3 Å². The Morgan fingerprint density at radius 1 is 1.23 bits per heavy atom. The van der Waals surface area contributed by atoms with Gasteiger partial charge in [-0.2, -0.15) is 4.99 Å². The second kappa shape index (κ2) is 6.06. The van der Waals surface area contributed by atoms with Gasteiger partial charge in [0, 0.05) is 17.1 Å². The van der Waals surface area contributed by atoms with Gasteiger partial charge in [-0.25, -0.2) is 0 Å². The summed E-state index contributed by atoms with van der Waals surface area (Å²) in [4.78, 5) is 17.2. The van der Waals surface area contributed by atoms with Gasteiger partial charge in [-0.1, -0.05) is 27.3 Å². The summed E-state index contributed by atoms with van der Waals surface area (Å²) in [6.45, 7) is 0. The quantitative estimate of drug-likeness (QED) is 0.683.